The van der Waals surface area contributed by atoms with Gasteiger partial charge in [0, 0.05) is 17.5 Å². The summed E-state index contributed by atoms with van der Waals surface area (Å²) in [6.07, 6.45) is 0. The van der Waals surface area contributed by atoms with Gasteiger partial charge in [-0.15, -0.1) is 11.6 Å². The quantitative estimate of drug-likeness (QED) is 0.438. The summed E-state index contributed by atoms with van der Waals surface area (Å²) in [4.78, 5) is 10.2. The van der Waals surface area contributed by atoms with Crippen molar-refractivity contribution in [3.63, 3.8) is 0 Å². The molecule has 0 aliphatic rings. The highest BCUT2D eigenvalue weighted by Gasteiger charge is 2.11. The van der Waals surface area contributed by atoms with Gasteiger partial charge in [0.1, 0.15) is 0 Å². The van der Waals surface area contributed by atoms with Gasteiger partial charge in [-0.3, -0.25) is 10.1 Å². The van der Waals surface area contributed by atoms with E-state index in [-0.39, 0.29) is 11.6 Å². The van der Waals surface area contributed by atoms with Crippen LogP contribution in [-0.2, 0) is 0 Å². The molecule has 4 heteroatoms. The third kappa shape index (κ3) is 2.12. The van der Waals surface area contributed by atoms with Gasteiger partial charge in [0.15, 0.2) is 0 Å². The summed E-state index contributed by atoms with van der Waals surface area (Å²) in [5.74, 6) is 0.278. The average Bonchev–Trinajstić information content (AvgIpc) is 2.17. The number of allylic oxidation sites excluding steroid dienone is 1. The summed E-state index contributed by atoms with van der Waals surface area (Å²) in [5, 5.41) is 10.6. The van der Waals surface area contributed by atoms with Crippen molar-refractivity contribution in [3.8, 4) is 0 Å². The second-order valence-electron chi connectivity index (χ2n) is 3.00. The predicted octanol–water partition coefficient (Wildman–Crippen LogP) is 3.16. The molecule has 0 fully saturated rings. The molecular formula is C10H10ClNO2. The number of halogens is 1. The van der Waals surface area contributed by atoms with Crippen LogP contribution in [0.15, 0.2) is 24.8 Å². The molecular weight excluding hydrogens is 202 g/mol. The molecule has 0 bridgehead atoms. The minimum atomic E-state index is -0.402. The van der Waals surface area contributed by atoms with Crippen LogP contribution in [0.5, 0.6) is 0 Å². The number of rotatable bonds is 3. The maximum Gasteiger partial charge on any atom is 0.272 e. The van der Waals surface area contributed by atoms with Crippen LogP contribution in [0.2, 0.25) is 0 Å². The lowest BCUT2D eigenvalue weighted by molar-refractivity contribution is -0.385. The van der Waals surface area contributed by atoms with Crippen molar-refractivity contribution in [1.82, 2.24) is 0 Å². The topological polar surface area (TPSA) is 43.1 Å². The van der Waals surface area contributed by atoms with Crippen LogP contribution in [0.3, 0.4) is 0 Å². The van der Waals surface area contributed by atoms with Gasteiger partial charge in [0.2, 0.25) is 0 Å². The highest BCUT2D eigenvalue weighted by atomic mass is 35.5. The number of nitro benzene ring substituents is 1. The van der Waals surface area contributed by atoms with Crippen LogP contribution in [0.25, 0.3) is 5.57 Å². The van der Waals surface area contributed by atoms with Gasteiger partial charge < -0.3 is 0 Å². The number of hydrogen-bond acceptors (Lipinski definition) is 2. The zero-order valence-corrected chi connectivity index (χ0v) is 8.54. The van der Waals surface area contributed by atoms with E-state index in [1.165, 1.54) is 6.07 Å². The van der Waals surface area contributed by atoms with Crippen LogP contribution >= 0.6 is 11.6 Å². The van der Waals surface area contributed by atoms with E-state index in [0.29, 0.717) is 11.1 Å². The lowest BCUT2D eigenvalue weighted by Gasteiger charge is -2.03. The van der Waals surface area contributed by atoms with Gasteiger partial charge >= 0.3 is 0 Å². The summed E-state index contributed by atoms with van der Waals surface area (Å²) in [7, 11) is 0. The number of nitro groups is 1. The lowest BCUT2D eigenvalue weighted by Crippen LogP contribution is -1.93. The van der Waals surface area contributed by atoms with Gasteiger partial charge in [0.05, 0.1) is 4.92 Å². The molecule has 0 N–H and O–H groups in total. The summed E-state index contributed by atoms with van der Waals surface area (Å²) in [6, 6.07) is 4.98. The van der Waals surface area contributed by atoms with Crippen molar-refractivity contribution in [2.24, 2.45) is 0 Å². The Balaban J connectivity index is 3.19. The highest BCUT2D eigenvalue weighted by molar-refractivity contribution is 6.23. The van der Waals surface area contributed by atoms with Gasteiger partial charge in [-0.25, -0.2) is 0 Å². The molecule has 1 aromatic carbocycles. The lowest BCUT2D eigenvalue weighted by atomic mass is 10.1. The second kappa shape index (κ2) is 4.24. The Morgan fingerprint density at radius 1 is 1.64 bits per heavy atom. The minimum Gasteiger partial charge on any atom is -0.258 e. The van der Waals surface area contributed by atoms with Crippen LogP contribution in [-0.4, -0.2) is 10.8 Å². The fraction of sp³-hybridized carbons (Fsp3) is 0.200. The standard InChI is InChI=1S/C10H10ClNO2/c1-7-3-4-9(8(2)6-11)5-10(7)12(13)14/h3-5H,2,6H2,1H3. The van der Waals surface area contributed by atoms with E-state index in [4.69, 9.17) is 11.6 Å². The zero-order valence-electron chi connectivity index (χ0n) is 7.79. The fourth-order valence-electron chi connectivity index (χ4n) is 1.10. The van der Waals surface area contributed by atoms with Crippen LogP contribution < -0.4 is 0 Å². The Kier molecular flexibility index (Phi) is 3.25. The first-order chi connectivity index (χ1) is 6.56. The SMILES string of the molecule is C=C(CCl)c1ccc(C)c([N+](=O)[O-])c1. The molecule has 0 spiro atoms. The van der Waals surface area contributed by atoms with E-state index in [0.717, 1.165) is 5.56 Å². The van der Waals surface area contributed by atoms with Gasteiger partial charge in [-0.1, -0.05) is 18.7 Å². The Labute approximate surface area is 87.2 Å². The third-order valence-electron chi connectivity index (χ3n) is 1.98. The van der Waals surface area contributed by atoms with Gasteiger partial charge in [-0.2, -0.15) is 0 Å². The smallest absolute Gasteiger partial charge is 0.258 e. The molecule has 0 aromatic heterocycles. The largest absolute Gasteiger partial charge is 0.272 e. The summed E-state index contributed by atoms with van der Waals surface area (Å²) in [5.41, 5.74) is 2.15. The maximum atomic E-state index is 10.6. The first-order valence-electron chi connectivity index (χ1n) is 4.05. The molecule has 0 saturated carbocycles. The molecule has 0 heterocycles. The molecule has 3 nitrogen and oxygen atoms in total. The first-order valence-corrected chi connectivity index (χ1v) is 4.59. The van der Waals surface area contributed by atoms with Gasteiger partial charge in [-0.05, 0) is 18.1 Å². The van der Waals surface area contributed by atoms with Crippen LogP contribution in [0, 0.1) is 17.0 Å². The zero-order chi connectivity index (χ0) is 10.7. The van der Waals surface area contributed by atoms with Crippen molar-refractivity contribution in [2.75, 3.05) is 5.88 Å². The van der Waals surface area contributed by atoms with Crippen molar-refractivity contribution in [2.45, 2.75) is 6.92 Å². The number of alkyl halides is 1. The number of benzene rings is 1. The molecule has 0 radical (unpaired) electrons. The van der Waals surface area contributed by atoms with E-state index in [1.807, 2.05) is 0 Å². The number of hydrogen-bond donors (Lipinski definition) is 0. The van der Waals surface area contributed by atoms with E-state index in [9.17, 15) is 10.1 Å². The monoisotopic (exact) mass is 211 g/mol. The van der Waals surface area contributed by atoms with Gasteiger partial charge in [0.25, 0.3) is 5.69 Å². The second-order valence-corrected chi connectivity index (χ2v) is 3.26. The van der Waals surface area contributed by atoms with Crippen molar-refractivity contribution in [1.29, 1.82) is 0 Å². The van der Waals surface area contributed by atoms with E-state index in [2.05, 4.69) is 6.58 Å². The van der Waals surface area contributed by atoms with Crippen LogP contribution in [0.1, 0.15) is 11.1 Å². The molecule has 74 valence electrons. The van der Waals surface area contributed by atoms with Crippen LogP contribution in [0.4, 0.5) is 5.69 Å². The third-order valence-corrected chi connectivity index (χ3v) is 2.30. The Morgan fingerprint density at radius 2 is 2.29 bits per heavy atom. The molecule has 1 rings (SSSR count). The summed E-state index contributed by atoms with van der Waals surface area (Å²) >= 11 is 5.59. The van der Waals surface area contributed by atoms with Crippen molar-refractivity contribution in [3.05, 3.63) is 46.0 Å². The number of aryl methyl sites for hydroxylation is 1. The van der Waals surface area contributed by atoms with E-state index >= 15 is 0 Å². The average molecular weight is 212 g/mol. The molecule has 1 aromatic rings. The minimum absolute atomic E-state index is 0.105. The molecule has 0 atom stereocenters. The molecule has 14 heavy (non-hydrogen) atoms. The molecule has 0 aliphatic heterocycles. The molecule has 0 unspecified atom stereocenters. The van der Waals surface area contributed by atoms with Crippen molar-refractivity contribution >= 4 is 22.9 Å². The van der Waals surface area contributed by atoms with Crippen molar-refractivity contribution < 1.29 is 4.92 Å². The molecule has 0 saturated heterocycles. The van der Waals surface area contributed by atoms with E-state index in [1.54, 1.807) is 19.1 Å². The Morgan fingerprint density at radius 3 is 2.79 bits per heavy atom. The molecule has 0 aliphatic carbocycles. The predicted molar refractivity (Wildman–Crippen MR) is 57.6 cm³/mol. The molecule has 0 amide bonds. The van der Waals surface area contributed by atoms with E-state index < -0.39 is 4.92 Å². The maximum absolute atomic E-state index is 10.6. The Hall–Kier alpha value is -1.35. The Bertz CT molecular complexity index is 388. The fourth-order valence-corrected chi connectivity index (χ4v) is 1.26. The highest BCUT2D eigenvalue weighted by Crippen LogP contribution is 2.23. The number of nitrogens with zero attached hydrogens (tertiary/aromatic N) is 1. The normalized spacial score (nSPS) is 9.86. The first kappa shape index (κ1) is 10.7. The summed E-state index contributed by atoms with van der Waals surface area (Å²) in [6.45, 7) is 5.42. The summed E-state index contributed by atoms with van der Waals surface area (Å²) < 4.78 is 0.